The van der Waals surface area contributed by atoms with E-state index in [4.69, 9.17) is 10.6 Å². The van der Waals surface area contributed by atoms with Gasteiger partial charge >= 0.3 is 6.03 Å². The van der Waals surface area contributed by atoms with Gasteiger partial charge in [0.2, 0.25) is 0 Å². The lowest BCUT2D eigenvalue weighted by Gasteiger charge is -2.21. The first-order chi connectivity index (χ1) is 12.2. The molecule has 1 unspecified atom stereocenters. The van der Waals surface area contributed by atoms with Crippen LogP contribution in [-0.4, -0.2) is 6.03 Å². The molecule has 0 saturated carbocycles. The summed E-state index contributed by atoms with van der Waals surface area (Å²) in [6.45, 7) is 0. The van der Waals surface area contributed by atoms with Gasteiger partial charge in [0.1, 0.15) is 6.17 Å². The monoisotopic (exact) mass is 352 g/mol. The zero-order chi connectivity index (χ0) is 17.2. The number of hydrogen-bond acceptors (Lipinski definition) is 5. The molecule has 2 aromatic carbocycles. The number of rotatable bonds is 3. The van der Waals surface area contributed by atoms with E-state index in [0.29, 0.717) is 5.69 Å². The summed E-state index contributed by atoms with van der Waals surface area (Å²) >= 11 is 1.53. The second-order valence-electron chi connectivity index (χ2n) is 5.54. The number of amides is 2. The number of urea groups is 1. The number of hydroxylamine groups is 1. The van der Waals surface area contributed by atoms with E-state index in [1.807, 2.05) is 65.4 Å². The SMILES string of the molecule is NC1c2ccccc2ON1c1ccc(NC(=O)Nc2ccsc2)cc1. The highest BCUT2D eigenvalue weighted by molar-refractivity contribution is 7.08. The van der Waals surface area contributed by atoms with Crippen LogP contribution >= 0.6 is 11.3 Å². The minimum Gasteiger partial charge on any atom is -0.377 e. The third-order valence-corrected chi connectivity index (χ3v) is 4.53. The summed E-state index contributed by atoms with van der Waals surface area (Å²) in [6, 6.07) is 16.6. The number of anilines is 3. The Morgan fingerprint density at radius 2 is 1.80 bits per heavy atom. The number of para-hydroxylation sites is 1. The van der Waals surface area contributed by atoms with Gasteiger partial charge in [-0.3, -0.25) is 0 Å². The average molecular weight is 352 g/mol. The van der Waals surface area contributed by atoms with E-state index in [1.54, 1.807) is 5.06 Å². The number of fused-ring (bicyclic) bond motifs is 1. The van der Waals surface area contributed by atoms with Crippen LogP contribution in [0, 0.1) is 0 Å². The number of hydrogen-bond donors (Lipinski definition) is 3. The van der Waals surface area contributed by atoms with Gasteiger partial charge in [-0.05, 0) is 41.8 Å². The minimum atomic E-state index is -0.364. The number of nitrogens with zero attached hydrogens (tertiary/aromatic N) is 1. The van der Waals surface area contributed by atoms with Crippen LogP contribution in [-0.2, 0) is 0 Å². The van der Waals surface area contributed by atoms with Gasteiger partial charge in [-0.15, -0.1) is 0 Å². The van der Waals surface area contributed by atoms with Crippen molar-refractivity contribution in [3.05, 3.63) is 70.9 Å². The van der Waals surface area contributed by atoms with Crippen LogP contribution in [0.15, 0.2) is 65.4 Å². The molecule has 0 bridgehead atoms. The number of thiophene rings is 1. The van der Waals surface area contributed by atoms with Gasteiger partial charge in [0.25, 0.3) is 0 Å². The van der Waals surface area contributed by atoms with Crippen LogP contribution in [0.2, 0.25) is 0 Å². The number of benzene rings is 2. The maximum absolute atomic E-state index is 11.9. The highest BCUT2D eigenvalue weighted by atomic mass is 32.1. The normalized spacial score (nSPS) is 15.4. The second kappa shape index (κ2) is 6.46. The van der Waals surface area contributed by atoms with Gasteiger partial charge < -0.3 is 21.2 Å². The lowest BCUT2D eigenvalue weighted by molar-refractivity contribution is 0.262. The highest BCUT2D eigenvalue weighted by Gasteiger charge is 2.29. The van der Waals surface area contributed by atoms with Crippen molar-refractivity contribution in [2.24, 2.45) is 5.73 Å². The molecular formula is C18H16N4O2S. The van der Waals surface area contributed by atoms with Gasteiger partial charge in [0.05, 0.1) is 11.4 Å². The fourth-order valence-corrected chi connectivity index (χ4v) is 3.22. The standard InChI is InChI=1S/C18H16N4O2S/c19-17-15-3-1-2-4-16(15)24-22(17)14-7-5-12(6-8-14)20-18(23)21-13-9-10-25-11-13/h1-11,17H,19H2,(H2,20,21,23). The Hall–Kier alpha value is -3.03. The maximum Gasteiger partial charge on any atom is 0.323 e. The van der Waals surface area contributed by atoms with E-state index in [0.717, 1.165) is 22.7 Å². The molecule has 0 radical (unpaired) electrons. The van der Waals surface area contributed by atoms with E-state index < -0.39 is 0 Å². The Morgan fingerprint density at radius 3 is 2.52 bits per heavy atom. The molecule has 7 heteroatoms. The van der Waals surface area contributed by atoms with Gasteiger partial charge in [-0.25, -0.2) is 4.79 Å². The van der Waals surface area contributed by atoms with E-state index in [-0.39, 0.29) is 12.2 Å². The zero-order valence-electron chi connectivity index (χ0n) is 13.2. The second-order valence-corrected chi connectivity index (χ2v) is 6.32. The molecule has 0 aliphatic carbocycles. The molecule has 1 aliphatic heterocycles. The summed E-state index contributed by atoms with van der Waals surface area (Å²) < 4.78 is 0. The minimum absolute atomic E-state index is 0.285. The van der Waals surface area contributed by atoms with E-state index in [1.165, 1.54) is 11.3 Å². The van der Waals surface area contributed by atoms with Crippen LogP contribution in [0.3, 0.4) is 0 Å². The van der Waals surface area contributed by atoms with Gasteiger partial charge in [0.15, 0.2) is 5.75 Å². The van der Waals surface area contributed by atoms with E-state index in [2.05, 4.69) is 10.6 Å². The number of carbonyl (C=O) groups excluding carboxylic acids is 1. The predicted molar refractivity (Wildman–Crippen MR) is 99.9 cm³/mol. The molecular weight excluding hydrogens is 336 g/mol. The molecule has 3 aromatic rings. The van der Waals surface area contributed by atoms with Crippen molar-refractivity contribution in [1.82, 2.24) is 0 Å². The summed E-state index contributed by atoms with van der Waals surface area (Å²) in [4.78, 5) is 17.8. The first-order valence-corrected chi connectivity index (χ1v) is 8.67. The molecule has 2 heterocycles. The molecule has 4 rings (SSSR count). The van der Waals surface area contributed by atoms with Crippen LogP contribution in [0.5, 0.6) is 5.75 Å². The van der Waals surface area contributed by atoms with Crippen molar-refractivity contribution in [2.75, 3.05) is 15.7 Å². The molecule has 126 valence electrons. The summed E-state index contributed by atoms with van der Waals surface area (Å²) in [5, 5.41) is 11.0. The summed E-state index contributed by atoms with van der Waals surface area (Å²) in [7, 11) is 0. The number of nitrogens with one attached hydrogen (secondary N) is 2. The lowest BCUT2D eigenvalue weighted by Crippen LogP contribution is -2.31. The third-order valence-electron chi connectivity index (χ3n) is 3.85. The molecule has 25 heavy (non-hydrogen) atoms. The molecule has 6 nitrogen and oxygen atoms in total. The molecule has 1 atom stereocenters. The van der Waals surface area contributed by atoms with Crippen LogP contribution in [0.4, 0.5) is 21.9 Å². The molecule has 0 spiro atoms. The Kier molecular flexibility index (Phi) is 4.01. The molecule has 1 aromatic heterocycles. The van der Waals surface area contributed by atoms with Crippen molar-refractivity contribution in [3.8, 4) is 5.75 Å². The maximum atomic E-state index is 11.9. The Labute approximate surface area is 148 Å². The first kappa shape index (κ1) is 15.5. The summed E-state index contributed by atoms with van der Waals surface area (Å²) in [6.07, 6.45) is -0.364. The van der Waals surface area contributed by atoms with Crippen LogP contribution in [0.25, 0.3) is 0 Å². The Balaban J connectivity index is 1.43. The van der Waals surface area contributed by atoms with Crippen LogP contribution < -0.4 is 26.3 Å². The van der Waals surface area contributed by atoms with Crippen molar-refractivity contribution < 1.29 is 9.63 Å². The van der Waals surface area contributed by atoms with Crippen molar-refractivity contribution in [2.45, 2.75) is 6.17 Å². The Morgan fingerprint density at radius 1 is 1.04 bits per heavy atom. The van der Waals surface area contributed by atoms with Crippen molar-refractivity contribution >= 4 is 34.4 Å². The van der Waals surface area contributed by atoms with Crippen molar-refractivity contribution in [1.29, 1.82) is 0 Å². The fourth-order valence-electron chi connectivity index (χ4n) is 2.63. The molecule has 1 aliphatic rings. The summed E-state index contributed by atoms with van der Waals surface area (Å²) in [5.74, 6) is 0.757. The predicted octanol–water partition coefficient (Wildman–Crippen LogP) is 4.16. The zero-order valence-corrected chi connectivity index (χ0v) is 14.0. The lowest BCUT2D eigenvalue weighted by atomic mass is 10.1. The first-order valence-electron chi connectivity index (χ1n) is 7.73. The molecule has 4 N–H and O–H groups in total. The van der Waals surface area contributed by atoms with Crippen LogP contribution in [0.1, 0.15) is 11.7 Å². The van der Waals surface area contributed by atoms with Gasteiger partial charge in [-0.2, -0.15) is 16.4 Å². The van der Waals surface area contributed by atoms with Gasteiger partial charge in [-0.1, -0.05) is 18.2 Å². The summed E-state index contributed by atoms with van der Waals surface area (Å²) in [5.41, 5.74) is 9.45. The number of nitrogens with two attached hydrogens (primary N) is 1. The molecule has 2 amide bonds. The molecule has 0 saturated heterocycles. The molecule has 0 fully saturated rings. The quantitative estimate of drug-likeness (QED) is 0.661. The topological polar surface area (TPSA) is 79.6 Å². The fraction of sp³-hybridized carbons (Fsp3) is 0.0556. The third kappa shape index (κ3) is 3.15. The largest absolute Gasteiger partial charge is 0.377 e. The van der Waals surface area contributed by atoms with Gasteiger partial charge in [0, 0.05) is 16.6 Å². The van der Waals surface area contributed by atoms with E-state index in [9.17, 15) is 4.79 Å². The highest BCUT2D eigenvalue weighted by Crippen LogP contribution is 2.37. The van der Waals surface area contributed by atoms with Crippen molar-refractivity contribution in [3.63, 3.8) is 0 Å². The Bertz CT molecular complexity index is 880. The smallest absolute Gasteiger partial charge is 0.323 e. The van der Waals surface area contributed by atoms with E-state index >= 15 is 0 Å². The number of carbonyl (C=O) groups is 1. The average Bonchev–Trinajstić information content (AvgIpc) is 3.24.